The van der Waals surface area contributed by atoms with Crippen molar-refractivity contribution in [2.45, 2.75) is 44.7 Å². The Bertz CT molecular complexity index is 1080. The minimum absolute atomic E-state index is 0.101. The number of carbonyl (C=O) groups is 1. The highest BCUT2D eigenvalue weighted by Crippen LogP contribution is 2.42. The van der Waals surface area contributed by atoms with E-state index in [1.807, 2.05) is 5.38 Å². The Hall–Kier alpha value is -2.18. The molecule has 2 heterocycles. The molecule has 31 heavy (non-hydrogen) atoms. The summed E-state index contributed by atoms with van der Waals surface area (Å²) >= 11 is 7.38. The Labute approximate surface area is 190 Å². The first-order valence-corrected chi connectivity index (χ1v) is 12.1. The van der Waals surface area contributed by atoms with E-state index in [0.29, 0.717) is 23.1 Å². The molecule has 4 nitrogen and oxygen atoms in total. The molecule has 3 aliphatic rings. The minimum atomic E-state index is -0.536. The largest absolute Gasteiger partial charge is 0.292 e. The Morgan fingerprint density at radius 2 is 2.16 bits per heavy atom. The summed E-state index contributed by atoms with van der Waals surface area (Å²) in [6.45, 7) is 0. The van der Waals surface area contributed by atoms with Crippen molar-refractivity contribution in [2.75, 3.05) is 0 Å². The lowest BCUT2D eigenvalue weighted by molar-refractivity contribution is 0.0732. The van der Waals surface area contributed by atoms with Crippen LogP contribution in [0.3, 0.4) is 0 Å². The molecule has 0 saturated heterocycles. The zero-order valence-corrected chi connectivity index (χ0v) is 18.6. The van der Waals surface area contributed by atoms with Crippen LogP contribution in [-0.4, -0.2) is 22.7 Å². The molecule has 4 unspecified atom stereocenters. The van der Waals surface area contributed by atoms with Gasteiger partial charge in [-0.25, -0.2) is 9.37 Å². The Morgan fingerprint density at radius 3 is 2.87 bits per heavy atom. The van der Waals surface area contributed by atoms with Crippen LogP contribution in [0.5, 0.6) is 0 Å². The lowest BCUT2D eigenvalue weighted by atomic mass is 9.67. The molecule has 2 aliphatic carbocycles. The second-order valence-electron chi connectivity index (χ2n) is 8.57. The minimum Gasteiger partial charge on any atom is -0.292 e. The number of hydrogen-bond donors (Lipinski definition) is 0. The smallest absolute Gasteiger partial charge is 0.185 e. The maximum Gasteiger partial charge on any atom is 0.185 e. The average molecular weight is 456 g/mol. The molecule has 1 aromatic heterocycles. The van der Waals surface area contributed by atoms with Crippen LogP contribution in [0.1, 0.15) is 60.7 Å². The van der Waals surface area contributed by atoms with Gasteiger partial charge in [0.15, 0.2) is 11.9 Å². The van der Waals surface area contributed by atoms with Crippen molar-refractivity contribution in [3.63, 3.8) is 0 Å². The van der Waals surface area contributed by atoms with Gasteiger partial charge < -0.3 is 0 Å². The van der Waals surface area contributed by atoms with Gasteiger partial charge in [0, 0.05) is 29.0 Å². The summed E-state index contributed by atoms with van der Waals surface area (Å²) in [5, 5.41) is 1.96. The van der Waals surface area contributed by atoms with Gasteiger partial charge >= 0.3 is 0 Å². The number of Topliss-reactive ketones (excluding diaryl/α,β-unsaturated/α-hetero) is 1. The molecule has 0 N–H and O–H groups in total. The second kappa shape index (κ2) is 8.75. The molecule has 1 fully saturated rings. The first-order chi connectivity index (χ1) is 15.1. The average Bonchev–Trinajstić information content (AvgIpc) is 3.46. The van der Waals surface area contributed by atoms with E-state index in [1.54, 1.807) is 23.9 Å². The van der Waals surface area contributed by atoms with Crippen molar-refractivity contribution < 1.29 is 9.18 Å². The number of hydrogen-bond acceptors (Lipinski definition) is 5. The molecule has 0 spiro atoms. The van der Waals surface area contributed by atoms with Crippen molar-refractivity contribution in [3.05, 3.63) is 62.8 Å². The number of carbonyl (C=O) groups excluding carboxylic acids is 1. The summed E-state index contributed by atoms with van der Waals surface area (Å²) in [7, 11) is 0. The first-order valence-electron chi connectivity index (χ1n) is 10.7. The molecule has 4 atom stereocenters. The van der Waals surface area contributed by atoms with Gasteiger partial charge in [0.25, 0.3) is 0 Å². The van der Waals surface area contributed by atoms with Gasteiger partial charge in [0.05, 0.1) is 16.2 Å². The molecule has 2 aromatic rings. The van der Waals surface area contributed by atoms with Crippen LogP contribution in [0.25, 0.3) is 0 Å². The van der Waals surface area contributed by atoms with Gasteiger partial charge in [-0.3, -0.25) is 14.8 Å². The topological polar surface area (TPSA) is 54.7 Å². The van der Waals surface area contributed by atoms with Crippen LogP contribution in [-0.2, 0) is 0 Å². The Kier molecular flexibility index (Phi) is 5.85. The quantitative estimate of drug-likeness (QED) is 0.369. The molecule has 1 aromatic carbocycles. The van der Waals surface area contributed by atoms with Crippen LogP contribution in [0.15, 0.2) is 50.7 Å². The summed E-state index contributed by atoms with van der Waals surface area (Å²) in [4.78, 5) is 25.9. The number of benzene rings is 1. The highest BCUT2D eigenvalue weighted by Gasteiger charge is 2.38. The van der Waals surface area contributed by atoms with Gasteiger partial charge in [-0.05, 0) is 50.5 Å². The van der Waals surface area contributed by atoms with Crippen molar-refractivity contribution in [3.8, 4) is 0 Å². The van der Waals surface area contributed by atoms with Crippen LogP contribution in [0.4, 0.5) is 4.39 Å². The highest BCUT2D eigenvalue weighted by atomic mass is 35.5. The van der Waals surface area contributed by atoms with Gasteiger partial charge in [-0.15, -0.1) is 11.3 Å². The SMILES string of the molecule is O=C(c1cscn1)C1CCC1CC1=CCC(C2=NC(c3cccc(Cl)c3F)N=C2)CC1. The zero-order chi connectivity index (χ0) is 21.4. The second-order valence-corrected chi connectivity index (χ2v) is 9.69. The maximum atomic E-state index is 14.3. The van der Waals surface area contributed by atoms with Crippen LogP contribution in [0, 0.1) is 23.6 Å². The first kappa shape index (κ1) is 20.7. The number of nitrogens with zero attached hydrogens (tertiary/aromatic N) is 3. The highest BCUT2D eigenvalue weighted by molar-refractivity contribution is 7.07. The number of aliphatic imine (C=N–C) groups is 2. The number of rotatable bonds is 6. The molecule has 7 heteroatoms. The molecule has 0 bridgehead atoms. The molecule has 5 rings (SSSR count). The summed E-state index contributed by atoms with van der Waals surface area (Å²) in [5.74, 6) is 0.651. The third-order valence-corrected chi connectivity index (χ3v) is 7.64. The summed E-state index contributed by atoms with van der Waals surface area (Å²) in [6.07, 6.45) is 9.63. The predicted molar refractivity (Wildman–Crippen MR) is 123 cm³/mol. The normalized spacial score (nSPS) is 27.5. The number of ketones is 1. The molecular formula is C24H23ClFN3OS. The van der Waals surface area contributed by atoms with Crippen molar-refractivity contribution in [2.24, 2.45) is 27.7 Å². The third kappa shape index (κ3) is 4.15. The van der Waals surface area contributed by atoms with Crippen molar-refractivity contribution in [1.29, 1.82) is 0 Å². The lowest BCUT2D eigenvalue weighted by Crippen LogP contribution is -2.33. The molecule has 1 saturated carbocycles. The monoisotopic (exact) mass is 455 g/mol. The standard InChI is InChI=1S/C24H23ClFN3OS/c25-19-3-1-2-18(22(19)26)24-27-11-20(29-24)15-6-4-14(5-7-15)10-16-8-9-17(16)23(30)21-12-31-13-28-21/h1-4,11-13,15-17,24H,5-10H2. The van der Waals surface area contributed by atoms with Crippen molar-refractivity contribution >= 4 is 40.6 Å². The molecule has 160 valence electrons. The van der Waals surface area contributed by atoms with E-state index in [0.717, 1.165) is 44.2 Å². The van der Waals surface area contributed by atoms with E-state index in [1.165, 1.54) is 23.0 Å². The van der Waals surface area contributed by atoms with E-state index in [-0.39, 0.29) is 16.7 Å². The molecule has 0 amide bonds. The number of halogens is 2. The van der Waals surface area contributed by atoms with E-state index in [4.69, 9.17) is 11.6 Å². The number of aromatic nitrogens is 1. The Morgan fingerprint density at radius 1 is 1.26 bits per heavy atom. The van der Waals surface area contributed by atoms with Crippen LogP contribution >= 0.6 is 22.9 Å². The van der Waals surface area contributed by atoms with Crippen molar-refractivity contribution in [1.82, 2.24) is 4.98 Å². The molecule has 0 radical (unpaired) electrons. The van der Waals surface area contributed by atoms with E-state index in [2.05, 4.69) is 21.0 Å². The van der Waals surface area contributed by atoms with Gasteiger partial charge in [0.2, 0.25) is 0 Å². The predicted octanol–water partition coefficient (Wildman–Crippen LogP) is 6.49. The lowest BCUT2D eigenvalue weighted by Gasteiger charge is -2.36. The van der Waals surface area contributed by atoms with Gasteiger partial charge in [-0.1, -0.05) is 35.4 Å². The summed E-state index contributed by atoms with van der Waals surface area (Å²) < 4.78 is 14.3. The van der Waals surface area contributed by atoms with Gasteiger partial charge in [-0.2, -0.15) is 0 Å². The number of allylic oxidation sites excluding steroid dienone is 2. The van der Waals surface area contributed by atoms with Gasteiger partial charge in [0.1, 0.15) is 11.5 Å². The summed E-state index contributed by atoms with van der Waals surface area (Å²) in [6, 6.07) is 4.96. The Balaban J connectivity index is 1.19. The fourth-order valence-corrected chi connectivity index (χ4v) is 5.52. The molecule has 1 aliphatic heterocycles. The van der Waals surface area contributed by atoms with Crippen LogP contribution < -0.4 is 0 Å². The zero-order valence-electron chi connectivity index (χ0n) is 17.0. The van der Waals surface area contributed by atoms with Crippen LogP contribution in [0.2, 0.25) is 5.02 Å². The fourth-order valence-electron chi connectivity index (χ4n) is 4.80. The van der Waals surface area contributed by atoms with E-state index >= 15 is 0 Å². The van der Waals surface area contributed by atoms with E-state index in [9.17, 15) is 9.18 Å². The number of thiazole rings is 1. The fraction of sp³-hybridized carbons (Fsp3) is 0.417. The van der Waals surface area contributed by atoms with E-state index < -0.39 is 12.0 Å². The maximum absolute atomic E-state index is 14.3. The third-order valence-electron chi connectivity index (χ3n) is 6.77. The molecular weight excluding hydrogens is 433 g/mol. The summed E-state index contributed by atoms with van der Waals surface area (Å²) in [5.41, 5.74) is 5.17.